The molecule has 0 aliphatic rings. The normalized spacial score (nSPS) is 10.1. The number of carbonyl (C=O) groups excluding carboxylic acids is 1. The molecule has 3 nitrogen and oxygen atoms in total. The highest BCUT2D eigenvalue weighted by molar-refractivity contribution is 6.08. The molecule has 0 unspecified atom stereocenters. The number of ketones is 1. The fourth-order valence-electron chi connectivity index (χ4n) is 1.36. The Hall–Kier alpha value is -1.90. The number of aromatic nitrogens is 2. The van der Waals surface area contributed by atoms with Gasteiger partial charge in [-0.2, -0.15) is 5.10 Å². The zero-order chi connectivity index (χ0) is 9.97. The zero-order valence-electron chi connectivity index (χ0n) is 7.82. The fourth-order valence-corrected chi connectivity index (χ4v) is 1.36. The molecule has 1 heterocycles. The molecule has 2 rings (SSSR count). The minimum absolute atomic E-state index is 0.0133. The lowest BCUT2D eigenvalue weighted by atomic mass is 10.0. The van der Waals surface area contributed by atoms with Gasteiger partial charge in [-0.15, -0.1) is 0 Å². The maximum atomic E-state index is 11.9. The Bertz CT molecular complexity index is 446. The summed E-state index contributed by atoms with van der Waals surface area (Å²) in [4.78, 5) is 11.9. The largest absolute Gasteiger partial charge is 0.287 e. The molecule has 1 aromatic heterocycles. The first-order valence-corrected chi connectivity index (χ1v) is 4.39. The van der Waals surface area contributed by atoms with E-state index in [-0.39, 0.29) is 5.78 Å². The second-order valence-electron chi connectivity index (χ2n) is 3.11. The van der Waals surface area contributed by atoms with Gasteiger partial charge in [0.05, 0.1) is 0 Å². The first kappa shape index (κ1) is 8.69. The highest BCUT2D eigenvalue weighted by atomic mass is 16.1. The lowest BCUT2D eigenvalue weighted by Gasteiger charge is -2.01. The van der Waals surface area contributed by atoms with Crippen molar-refractivity contribution >= 4 is 5.78 Å². The molecule has 14 heavy (non-hydrogen) atoms. The SMILES string of the molecule is Cc1ccccc1C(=O)c1ccn[nH]1. The Labute approximate surface area is 81.8 Å². The topological polar surface area (TPSA) is 45.8 Å². The summed E-state index contributed by atoms with van der Waals surface area (Å²) in [5.41, 5.74) is 2.23. The third-order valence-electron chi connectivity index (χ3n) is 2.14. The lowest BCUT2D eigenvalue weighted by Crippen LogP contribution is -2.03. The van der Waals surface area contributed by atoms with Crippen LogP contribution in [0.4, 0.5) is 0 Å². The van der Waals surface area contributed by atoms with Gasteiger partial charge < -0.3 is 0 Å². The van der Waals surface area contributed by atoms with Crippen molar-refractivity contribution < 1.29 is 4.79 Å². The standard InChI is InChI=1S/C11H10N2O/c1-8-4-2-3-5-9(8)11(14)10-6-7-12-13-10/h2-7H,1H3,(H,12,13). The highest BCUT2D eigenvalue weighted by Crippen LogP contribution is 2.11. The van der Waals surface area contributed by atoms with Gasteiger partial charge in [-0.05, 0) is 18.6 Å². The van der Waals surface area contributed by atoms with E-state index in [0.29, 0.717) is 5.69 Å². The van der Waals surface area contributed by atoms with Crippen molar-refractivity contribution in [2.24, 2.45) is 0 Å². The first-order chi connectivity index (χ1) is 6.79. The number of H-pyrrole nitrogens is 1. The number of carbonyl (C=O) groups is 1. The monoisotopic (exact) mass is 186 g/mol. The van der Waals surface area contributed by atoms with Crippen LogP contribution in [0.1, 0.15) is 21.6 Å². The summed E-state index contributed by atoms with van der Waals surface area (Å²) in [6.45, 7) is 1.92. The van der Waals surface area contributed by atoms with Gasteiger partial charge in [-0.1, -0.05) is 24.3 Å². The van der Waals surface area contributed by atoms with Crippen molar-refractivity contribution in [3.8, 4) is 0 Å². The first-order valence-electron chi connectivity index (χ1n) is 4.39. The molecule has 0 saturated carbocycles. The highest BCUT2D eigenvalue weighted by Gasteiger charge is 2.11. The van der Waals surface area contributed by atoms with Crippen LogP contribution in [0.2, 0.25) is 0 Å². The molecule has 1 aromatic carbocycles. The summed E-state index contributed by atoms with van der Waals surface area (Å²) in [5.74, 6) is -0.0133. The van der Waals surface area contributed by atoms with E-state index in [1.54, 1.807) is 12.3 Å². The van der Waals surface area contributed by atoms with Gasteiger partial charge >= 0.3 is 0 Å². The third kappa shape index (κ3) is 1.44. The summed E-state index contributed by atoms with van der Waals surface area (Å²) in [6, 6.07) is 9.19. The fraction of sp³-hybridized carbons (Fsp3) is 0.0909. The average molecular weight is 186 g/mol. The molecular formula is C11H10N2O. The predicted octanol–water partition coefficient (Wildman–Crippen LogP) is 1.95. The van der Waals surface area contributed by atoms with Crippen LogP contribution in [-0.2, 0) is 0 Å². The van der Waals surface area contributed by atoms with E-state index < -0.39 is 0 Å². The number of rotatable bonds is 2. The van der Waals surface area contributed by atoms with Crippen LogP contribution in [0.5, 0.6) is 0 Å². The average Bonchev–Trinajstić information content (AvgIpc) is 2.70. The minimum Gasteiger partial charge on any atom is -0.287 e. The van der Waals surface area contributed by atoms with Gasteiger partial charge in [0, 0.05) is 11.8 Å². The van der Waals surface area contributed by atoms with Gasteiger partial charge in [0.1, 0.15) is 5.69 Å². The summed E-state index contributed by atoms with van der Waals surface area (Å²) in [6.07, 6.45) is 1.57. The van der Waals surface area contributed by atoms with E-state index in [1.807, 2.05) is 31.2 Å². The number of aryl methyl sites for hydroxylation is 1. The van der Waals surface area contributed by atoms with Crippen molar-refractivity contribution in [1.82, 2.24) is 10.2 Å². The second-order valence-corrected chi connectivity index (χ2v) is 3.11. The van der Waals surface area contributed by atoms with E-state index in [4.69, 9.17) is 0 Å². The van der Waals surface area contributed by atoms with Gasteiger partial charge in [-0.3, -0.25) is 9.89 Å². The van der Waals surface area contributed by atoms with E-state index in [9.17, 15) is 4.79 Å². The molecule has 0 aliphatic carbocycles. The smallest absolute Gasteiger partial charge is 0.211 e. The summed E-state index contributed by atoms with van der Waals surface area (Å²) in [5, 5.41) is 6.42. The summed E-state index contributed by atoms with van der Waals surface area (Å²) < 4.78 is 0. The van der Waals surface area contributed by atoms with E-state index in [0.717, 1.165) is 11.1 Å². The molecule has 0 bridgehead atoms. The molecule has 0 aliphatic heterocycles. The minimum atomic E-state index is -0.0133. The molecule has 1 N–H and O–H groups in total. The van der Waals surface area contributed by atoms with Crippen molar-refractivity contribution in [2.45, 2.75) is 6.92 Å². The predicted molar refractivity (Wildman–Crippen MR) is 53.2 cm³/mol. The van der Waals surface area contributed by atoms with Crippen LogP contribution < -0.4 is 0 Å². The maximum absolute atomic E-state index is 11.9. The number of hydrogen-bond acceptors (Lipinski definition) is 2. The Morgan fingerprint density at radius 2 is 2.07 bits per heavy atom. The van der Waals surface area contributed by atoms with Crippen molar-refractivity contribution in [3.05, 3.63) is 53.3 Å². The van der Waals surface area contributed by atoms with Crippen LogP contribution in [-0.4, -0.2) is 16.0 Å². The Kier molecular flexibility index (Phi) is 2.14. The quantitative estimate of drug-likeness (QED) is 0.728. The van der Waals surface area contributed by atoms with Gasteiger partial charge in [-0.25, -0.2) is 0 Å². The van der Waals surface area contributed by atoms with Crippen molar-refractivity contribution in [3.63, 3.8) is 0 Å². The van der Waals surface area contributed by atoms with E-state index in [2.05, 4.69) is 10.2 Å². The number of benzene rings is 1. The second kappa shape index (κ2) is 3.46. The van der Waals surface area contributed by atoms with Crippen LogP contribution >= 0.6 is 0 Å². The molecule has 3 heteroatoms. The van der Waals surface area contributed by atoms with Crippen LogP contribution in [0.15, 0.2) is 36.5 Å². The van der Waals surface area contributed by atoms with Crippen molar-refractivity contribution in [1.29, 1.82) is 0 Å². The molecule has 2 aromatic rings. The number of nitrogens with zero attached hydrogens (tertiary/aromatic N) is 1. The van der Waals surface area contributed by atoms with Crippen LogP contribution in [0.3, 0.4) is 0 Å². The molecule has 0 saturated heterocycles. The van der Waals surface area contributed by atoms with E-state index in [1.165, 1.54) is 0 Å². The van der Waals surface area contributed by atoms with Gasteiger partial charge in [0.15, 0.2) is 0 Å². The molecule has 70 valence electrons. The number of hydrogen-bond donors (Lipinski definition) is 1. The maximum Gasteiger partial charge on any atom is 0.211 e. The molecule has 0 radical (unpaired) electrons. The third-order valence-corrected chi connectivity index (χ3v) is 2.14. The summed E-state index contributed by atoms with van der Waals surface area (Å²) in [7, 11) is 0. The van der Waals surface area contributed by atoms with Crippen LogP contribution in [0.25, 0.3) is 0 Å². The summed E-state index contributed by atoms with van der Waals surface area (Å²) >= 11 is 0. The molecule has 0 fully saturated rings. The Morgan fingerprint density at radius 3 is 2.71 bits per heavy atom. The lowest BCUT2D eigenvalue weighted by molar-refractivity contribution is 0.103. The Balaban J connectivity index is 2.42. The number of nitrogens with one attached hydrogen (secondary N) is 1. The molecule has 0 amide bonds. The molecular weight excluding hydrogens is 176 g/mol. The van der Waals surface area contributed by atoms with Crippen molar-refractivity contribution in [2.75, 3.05) is 0 Å². The van der Waals surface area contributed by atoms with E-state index >= 15 is 0 Å². The van der Waals surface area contributed by atoms with Crippen LogP contribution in [0, 0.1) is 6.92 Å². The zero-order valence-corrected chi connectivity index (χ0v) is 7.82. The Morgan fingerprint density at radius 1 is 1.29 bits per heavy atom. The molecule has 0 spiro atoms. The molecule has 0 atom stereocenters. The number of aromatic amines is 1. The van der Waals surface area contributed by atoms with Gasteiger partial charge in [0.25, 0.3) is 0 Å². The van der Waals surface area contributed by atoms with Gasteiger partial charge in [0.2, 0.25) is 5.78 Å².